The van der Waals surface area contributed by atoms with Crippen LogP contribution in [0.15, 0.2) is 24.3 Å². The molecule has 0 unspecified atom stereocenters. The number of rotatable bonds is 3. The lowest BCUT2D eigenvalue weighted by atomic mass is 9.86. The summed E-state index contributed by atoms with van der Waals surface area (Å²) in [5.41, 5.74) is 6.13. The van der Waals surface area contributed by atoms with Crippen molar-refractivity contribution in [1.82, 2.24) is 15.5 Å². The number of aromatic amines is 1. The Morgan fingerprint density at radius 1 is 1.16 bits per heavy atom. The van der Waals surface area contributed by atoms with Crippen molar-refractivity contribution in [3.05, 3.63) is 41.1 Å². The van der Waals surface area contributed by atoms with Gasteiger partial charge in [0, 0.05) is 12.1 Å². The molecule has 3 nitrogen and oxygen atoms in total. The van der Waals surface area contributed by atoms with Gasteiger partial charge < -0.3 is 5.32 Å². The molecule has 0 radical (unpaired) electrons. The SMILES string of the molecule is CNCc1[nH]nc(-c2ccc(C(C)(C)C)cc2)c1C. The molecule has 0 amide bonds. The van der Waals surface area contributed by atoms with Crippen LogP contribution in [-0.4, -0.2) is 17.2 Å². The first-order valence-electron chi connectivity index (χ1n) is 6.73. The molecule has 0 saturated carbocycles. The average Bonchev–Trinajstić information content (AvgIpc) is 2.71. The molecule has 0 saturated heterocycles. The van der Waals surface area contributed by atoms with Crippen molar-refractivity contribution in [2.24, 2.45) is 0 Å². The summed E-state index contributed by atoms with van der Waals surface area (Å²) in [6.45, 7) is 9.62. The first-order valence-corrected chi connectivity index (χ1v) is 6.73. The van der Waals surface area contributed by atoms with E-state index >= 15 is 0 Å². The van der Waals surface area contributed by atoms with Gasteiger partial charge in [0.15, 0.2) is 0 Å². The summed E-state index contributed by atoms with van der Waals surface area (Å²) >= 11 is 0. The predicted octanol–water partition coefficient (Wildman–Crippen LogP) is 3.40. The molecule has 3 heteroatoms. The van der Waals surface area contributed by atoms with E-state index in [2.05, 4.69) is 67.5 Å². The van der Waals surface area contributed by atoms with E-state index in [0.717, 1.165) is 17.9 Å². The topological polar surface area (TPSA) is 40.7 Å². The van der Waals surface area contributed by atoms with E-state index in [1.54, 1.807) is 0 Å². The Kier molecular flexibility index (Phi) is 3.76. The summed E-state index contributed by atoms with van der Waals surface area (Å²) < 4.78 is 0. The van der Waals surface area contributed by atoms with Gasteiger partial charge in [0.05, 0.1) is 11.4 Å². The molecule has 0 fully saturated rings. The molecule has 1 aromatic carbocycles. The zero-order valence-electron chi connectivity index (χ0n) is 12.5. The van der Waals surface area contributed by atoms with E-state index in [1.807, 2.05) is 7.05 Å². The Labute approximate surface area is 115 Å². The van der Waals surface area contributed by atoms with Crippen LogP contribution in [0.2, 0.25) is 0 Å². The molecule has 0 aliphatic carbocycles. The van der Waals surface area contributed by atoms with Crippen molar-refractivity contribution >= 4 is 0 Å². The lowest BCUT2D eigenvalue weighted by Gasteiger charge is -2.19. The number of aromatic nitrogens is 2. The molecule has 0 atom stereocenters. The second-order valence-electron chi connectivity index (χ2n) is 6.03. The van der Waals surface area contributed by atoms with Crippen molar-refractivity contribution in [3.8, 4) is 11.3 Å². The second-order valence-corrected chi connectivity index (χ2v) is 6.03. The molecule has 2 rings (SSSR count). The van der Waals surface area contributed by atoms with Crippen LogP contribution in [0.25, 0.3) is 11.3 Å². The summed E-state index contributed by atoms with van der Waals surface area (Å²) in [6.07, 6.45) is 0. The van der Waals surface area contributed by atoms with Gasteiger partial charge in [-0.15, -0.1) is 0 Å². The van der Waals surface area contributed by atoms with Crippen LogP contribution in [-0.2, 0) is 12.0 Å². The average molecular weight is 257 g/mol. The number of nitrogens with zero attached hydrogens (tertiary/aromatic N) is 1. The molecule has 1 aromatic heterocycles. The monoisotopic (exact) mass is 257 g/mol. The maximum atomic E-state index is 4.43. The van der Waals surface area contributed by atoms with Gasteiger partial charge in [0.2, 0.25) is 0 Å². The standard InChI is InChI=1S/C16H23N3/c1-11-14(10-17-5)18-19-15(11)12-6-8-13(9-7-12)16(2,3)4/h6-9,17H,10H2,1-5H3,(H,18,19). The minimum absolute atomic E-state index is 0.191. The van der Waals surface area contributed by atoms with Crippen LogP contribution in [0.3, 0.4) is 0 Å². The van der Waals surface area contributed by atoms with Gasteiger partial charge in [-0.05, 0) is 30.5 Å². The van der Waals surface area contributed by atoms with Gasteiger partial charge in [-0.25, -0.2) is 0 Å². The van der Waals surface area contributed by atoms with Crippen molar-refractivity contribution < 1.29 is 0 Å². The molecule has 19 heavy (non-hydrogen) atoms. The first kappa shape index (κ1) is 13.8. The van der Waals surface area contributed by atoms with Gasteiger partial charge in [-0.3, -0.25) is 5.10 Å². The molecule has 102 valence electrons. The molecule has 0 bridgehead atoms. The highest BCUT2D eigenvalue weighted by atomic mass is 15.1. The fourth-order valence-electron chi connectivity index (χ4n) is 2.19. The molecule has 2 aromatic rings. The fraction of sp³-hybridized carbons (Fsp3) is 0.438. The second kappa shape index (κ2) is 5.17. The maximum Gasteiger partial charge on any atom is 0.0953 e. The van der Waals surface area contributed by atoms with Crippen molar-refractivity contribution in [3.63, 3.8) is 0 Å². The van der Waals surface area contributed by atoms with E-state index in [9.17, 15) is 0 Å². The molecular formula is C16H23N3. The Hall–Kier alpha value is -1.61. The van der Waals surface area contributed by atoms with E-state index < -0.39 is 0 Å². The van der Waals surface area contributed by atoms with E-state index in [0.29, 0.717) is 0 Å². The molecule has 0 aliphatic heterocycles. The molecule has 0 spiro atoms. The largest absolute Gasteiger partial charge is 0.314 e. The maximum absolute atomic E-state index is 4.43. The van der Waals surface area contributed by atoms with Crippen LogP contribution >= 0.6 is 0 Å². The normalized spacial score (nSPS) is 11.8. The van der Waals surface area contributed by atoms with Crippen molar-refractivity contribution in [2.45, 2.75) is 39.7 Å². The summed E-state index contributed by atoms with van der Waals surface area (Å²) in [5.74, 6) is 0. The zero-order chi connectivity index (χ0) is 14.0. The van der Waals surface area contributed by atoms with E-state index in [1.165, 1.54) is 16.7 Å². The van der Waals surface area contributed by atoms with Crippen LogP contribution in [0.1, 0.15) is 37.6 Å². The van der Waals surface area contributed by atoms with Gasteiger partial charge in [-0.2, -0.15) is 5.10 Å². The lowest BCUT2D eigenvalue weighted by Crippen LogP contribution is -2.10. The fourth-order valence-corrected chi connectivity index (χ4v) is 2.19. The van der Waals surface area contributed by atoms with E-state index in [-0.39, 0.29) is 5.41 Å². The van der Waals surface area contributed by atoms with Crippen LogP contribution in [0, 0.1) is 6.92 Å². The summed E-state index contributed by atoms with van der Waals surface area (Å²) in [7, 11) is 1.94. The summed E-state index contributed by atoms with van der Waals surface area (Å²) in [6, 6.07) is 8.71. The third kappa shape index (κ3) is 2.87. The Bertz CT molecular complexity index is 544. The Morgan fingerprint density at radius 2 is 1.79 bits per heavy atom. The predicted molar refractivity (Wildman–Crippen MR) is 80.2 cm³/mol. The zero-order valence-corrected chi connectivity index (χ0v) is 12.5. The minimum atomic E-state index is 0.191. The smallest absolute Gasteiger partial charge is 0.0953 e. The van der Waals surface area contributed by atoms with Crippen molar-refractivity contribution in [1.29, 1.82) is 0 Å². The van der Waals surface area contributed by atoms with Crippen LogP contribution in [0.5, 0.6) is 0 Å². The van der Waals surface area contributed by atoms with Gasteiger partial charge in [0.25, 0.3) is 0 Å². The van der Waals surface area contributed by atoms with Crippen LogP contribution < -0.4 is 5.32 Å². The van der Waals surface area contributed by atoms with Gasteiger partial charge >= 0.3 is 0 Å². The molecule has 0 aliphatic rings. The highest BCUT2D eigenvalue weighted by Crippen LogP contribution is 2.27. The summed E-state index contributed by atoms with van der Waals surface area (Å²) in [5, 5.41) is 10.7. The quantitative estimate of drug-likeness (QED) is 0.884. The van der Waals surface area contributed by atoms with Crippen molar-refractivity contribution in [2.75, 3.05) is 7.05 Å². The van der Waals surface area contributed by atoms with Gasteiger partial charge in [-0.1, -0.05) is 45.0 Å². The van der Waals surface area contributed by atoms with Gasteiger partial charge in [0.1, 0.15) is 0 Å². The Balaban J connectivity index is 2.32. The third-order valence-corrected chi connectivity index (χ3v) is 3.49. The molecular weight excluding hydrogens is 234 g/mol. The highest BCUT2D eigenvalue weighted by molar-refractivity contribution is 5.64. The number of nitrogens with one attached hydrogen (secondary N) is 2. The highest BCUT2D eigenvalue weighted by Gasteiger charge is 2.15. The number of H-pyrrole nitrogens is 1. The first-order chi connectivity index (χ1) is 8.93. The van der Waals surface area contributed by atoms with E-state index in [4.69, 9.17) is 0 Å². The minimum Gasteiger partial charge on any atom is -0.314 e. The third-order valence-electron chi connectivity index (χ3n) is 3.49. The number of hydrogen-bond acceptors (Lipinski definition) is 2. The Morgan fingerprint density at radius 3 is 2.32 bits per heavy atom. The number of hydrogen-bond donors (Lipinski definition) is 2. The summed E-state index contributed by atoms with van der Waals surface area (Å²) in [4.78, 5) is 0. The molecule has 2 N–H and O–H groups in total. The van der Waals surface area contributed by atoms with Crippen LogP contribution in [0.4, 0.5) is 0 Å². The number of benzene rings is 1. The lowest BCUT2D eigenvalue weighted by molar-refractivity contribution is 0.590. The molecule has 1 heterocycles.